The van der Waals surface area contributed by atoms with E-state index in [1.807, 2.05) is 6.07 Å². The molecule has 5 nitrogen and oxygen atoms in total. The first-order valence-electron chi connectivity index (χ1n) is 5.65. The molecule has 2 aromatic heterocycles. The summed E-state index contributed by atoms with van der Waals surface area (Å²) < 4.78 is 0.852. The fraction of sp³-hybridized carbons (Fsp3) is 0. The summed E-state index contributed by atoms with van der Waals surface area (Å²) in [4.78, 5) is 15.1. The molecule has 0 aliphatic heterocycles. The third kappa shape index (κ3) is 2.37. The van der Waals surface area contributed by atoms with E-state index in [9.17, 15) is 9.90 Å². The smallest absolute Gasteiger partial charge is 0.305 e. The quantitative estimate of drug-likeness (QED) is 0.662. The monoisotopic (exact) mass is 349 g/mol. The van der Waals surface area contributed by atoms with Crippen molar-refractivity contribution in [3.8, 4) is 5.88 Å². The molecule has 20 heavy (non-hydrogen) atoms. The summed E-state index contributed by atoms with van der Waals surface area (Å²) in [5.74, 6) is -0.537. The molecule has 0 aliphatic rings. The molecule has 2 heterocycles. The van der Waals surface area contributed by atoms with Gasteiger partial charge in [-0.05, 0) is 29.6 Å². The summed E-state index contributed by atoms with van der Waals surface area (Å²) in [6.45, 7) is 0. The Morgan fingerprint density at radius 1 is 1.35 bits per heavy atom. The molecule has 0 unspecified atom stereocenters. The molecule has 0 saturated carbocycles. The largest absolute Gasteiger partial charge is 0.493 e. The molecule has 0 aliphatic carbocycles. The van der Waals surface area contributed by atoms with Crippen molar-refractivity contribution in [3.63, 3.8) is 0 Å². The summed E-state index contributed by atoms with van der Waals surface area (Å²) >= 11 is 4.65. The highest BCUT2D eigenvalue weighted by atomic mass is 79.9. The second-order valence-electron chi connectivity index (χ2n) is 3.99. The van der Waals surface area contributed by atoms with Crippen molar-refractivity contribution in [2.24, 2.45) is 10.2 Å². The fourth-order valence-electron chi connectivity index (χ4n) is 1.78. The van der Waals surface area contributed by atoms with Crippen molar-refractivity contribution in [2.75, 3.05) is 0 Å². The van der Waals surface area contributed by atoms with E-state index < -0.39 is 5.91 Å². The number of nitrogens with one attached hydrogen (secondary N) is 1. The van der Waals surface area contributed by atoms with Crippen LogP contribution in [0.3, 0.4) is 0 Å². The number of aromatic hydroxyl groups is 1. The first kappa shape index (κ1) is 13.0. The predicted octanol–water partition coefficient (Wildman–Crippen LogP) is 4.62. The lowest BCUT2D eigenvalue weighted by Gasteiger charge is -1.92. The Labute approximate surface area is 126 Å². The predicted molar refractivity (Wildman–Crippen MR) is 80.8 cm³/mol. The number of hydrogen-bond donors (Lipinski definition) is 2. The number of halogens is 1. The van der Waals surface area contributed by atoms with Gasteiger partial charge in [-0.2, -0.15) is 0 Å². The number of aromatic nitrogens is 1. The van der Waals surface area contributed by atoms with Gasteiger partial charge in [-0.25, -0.2) is 0 Å². The molecule has 0 spiro atoms. The summed E-state index contributed by atoms with van der Waals surface area (Å²) in [7, 11) is 0. The number of aromatic amines is 1. The normalized spacial score (nSPS) is 11.4. The van der Waals surface area contributed by atoms with Crippen molar-refractivity contribution in [1.29, 1.82) is 0 Å². The van der Waals surface area contributed by atoms with E-state index in [-0.39, 0.29) is 11.6 Å². The van der Waals surface area contributed by atoms with E-state index in [0.717, 1.165) is 9.99 Å². The van der Waals surface area contributed by atoms with Crippen LogP contribution in [-0.2, 0) is 0 Å². The van der Waals surface area contributed by atoms with E-state index in [4.69, 9.17) is 0 Å². The first-order chi connectivity index (χ1) is 9.65. The lowest BCUT2D eigenvalue weighted by Crippen LogP contribution is -1.87. The molecule has 0 bridgehead atoms. The Morgan fingerprint density at radius 3 is 2.95 bits per heavy atom. The Kier molecular flexibility index (Phi) is 3.37. The SMILES string of the molecule is O=C(N=Nc1c(O)[nH]c2ccc(Br)cc12)c1cccs1. The number of azo groups is 1. The number of H-pyrrole nitrogens is 1. The molecule has 3 aromatic rings. The second kappa shape index (κ2) is 5.18. The van der Waals surface area contributed by atoms with E-state index in [0.29, 0.717) is 10.3 Å². The van der Waals surface area contributed by atoms with E-state index in [2.05, 4.69) is 31.1 Å². The summed E-state index contributed by atoms with van der Waals surface area (Å²) in [5, 5.41) is 19.8. The average molecular weight is 350 g/mol. The van der Waals surface area contributed by atoms with Gasteiger partial charge in [0.05, 0.1) is 10.4 Å². The van der Waals surface area contributed by atoms with Crippen molar-refractivity contribution in [3.05, 3.63) is 45.1 Å². The number of amides is 1. The van der Waals surface area contributed by atoms with Crippen molar-refractivity contribution in [1.82, 2.24) is 4.98 Å². The van der Waals surface area contributed by atoms with Crippen LogP contribution >= 0.6 is 27.3 Å². The molecule has 7 heteroatoms. The maximum Gasteiger partial charge on any atom is 0.305 e. The molecular weight excluding hydrogens is 342 g/mol. The summed E-state index contributed by atoms with van der Waals surface area (Å²) in [6, 6.07) is 8.90. The van der Waals surface area contributed by atoms with Crippen LogP contribution in [-0.4, -0.2) is 16.0 Å². The Bertz CT molecular complexity index is 809. The molecule has 100 valence electrons. The minimum atomic E-state index is -0.427. The molecule has 0 radical (unpaired) electrons. The van der Waals surface area contributed by atoms with E-state index in [1.54, 1.807) is 29.6 Å². The molecule has 2 N–H and O–H groups in total. The average Bonchev–Trinajstić information content (AvgIpc) is 3.04. The maximum atomic E-state index is 11.8. The zero-order valence-electron chi connectivity index (χ0n) is 10.0. The number of thiophene rings is 1. The Hall–Kier alpha value is -1.99. The molecular formula is C13H8BrN3O2S. The zero-order chi connectivity index (χ0) is 14.1. The topological polar surface area (TPSA) is 77.8 Å². The van der Waals surface area contributed by atoms with Crippen LogP contribution < -0.4 is 0 Å². The summed E-state index contributed by atoms with van der Waals surface area (Å²) in [5.41, 5.74) is 0.981. The molecule has 0 saturated heterocycles. The molecule has 0 fully saturated rings. The van der Waals surface area contributed by atoms with Gasteiger partial charge in [0.2, 0.25) is 5.88 Å². The van der Waals surface area contributed by atoms with Crippen molar-refractivity contribution < 1.29 is 9.90 Å². The van der Waals surface area contributed by atoms with Crippen LogP contribution in [0.25, 0.3) is 10.9 Å². The van der Waals surface area contributed by atoms with Crippen molar-refractivity contribution in [2.45, 2.75) is 0 Å². The molecule has 0 atom stereocenters. The molecule has 1 aromatic carbocycles. The number of rotatable bonds is 2. The van der Waals surface area contributed by atoms with Gasteiger partial charge in [0.25, 0.3) is 0 Å². The lowest BCUT2D eigenvalue weighted by molar-refractivity contribution is 0.0999. The molecule has 1 amide bonds. The second-order valence-corrected chi connectivity index (χ2v) is 5.86. The Morgan fingerprint density at radius 2 is 2.20 bits per heavy atom. The zero-order valence-corrected chi connectivity index (χ0v) is 12.4. The fourth-order valence-corrected chi connectivity index (χ4v) is 2.75. The summed E-state index contributed by atoms with van der Waals surface area (Å²) in [6.07, 6.45) is 0. The Balaban J connectivity index is 2.00. The number of benzene rings is 1. The van der Waals surface area contributed by atoms with Crippen LogP contribution in [0.5, 0.6) is 5.88 Å². The highest BCUT2D eigenvalue weighted by Gasteiger charge is 2.12. The number of carbonyl (C=O) groups is 1. The van der Waals surface area contributed by atoms with Gasteiger partial charge in [-0.1, -0.05) is 22.0 Å². The van der Waals surface area contributed by atoms with Gasteiger partial charge >= 0.3 is 5.91 Å². The van der Waals surface area contributed by atoms with Gasteiger partial charge in [0, 0.05) is 9.86 Å². The van der Waals surface area contributed by atoms with Crippen LogP contribution in [0.1, 0.15) is 9.67 Å². The van der Waals surface area contributed by atoms with Gasteiger partial charge in [0.1, 0.15) is 0 Å². The van der Waals surface area contributed by atoms with Gasteiger partial charge < -0.3 is 10.1 Å². The standard InChI is InChI=1S/C13H8BrN3O2S/c14-7-3-4-9-8(6-7)11(13(19)15-9)16-17-12(18)10-2-1-5-20-10/h1-6,15,19H. The van der Waals surface area contributed by atoms with Crippen LogP contribution in [0.2, 0.25) is 0 Å². The number of fused-ring (bicyclic) bond motifs is 1. The first-order valence-corrected chi connectivity index (χ1v) is 7.32. The third-order valence-corrected chi connectivity index (χ3v) is 4.04. The highest BCUT2D eigenvalue weighted by molar-refractivity contribution is 9.10. The van der Waals surface area contributed by atoms with E-state index >= 15 is 0 Å². The number of hydrogen-bond acceptors (Lipinski definition) is 4. The van der Waals surface area contributed by atoms with Crippen LogP contribution in [0, 0.1) is 0 Å². The third-order valence-electron chi connectivity index (χ3n) is 2.69. The minimum Gasteiger partial charge on any atom is -0.493 e. The van der Waals surface area contributed by atoms with Gasteiger partial charge in [0.15, 0.2) is 5.69 Å². The lowest BCUT2D eigenvalue weighted by atomic mass is 10.2. The molecule has 3 rings (SSSR count). The minimum absolute atomic E-state index is 0.110. The van der Waals surface area contributed by atoms with Crippen LogP contribution in [0.15, 0.2) is 50.4 Å². The highest BCUT2D eigenvalue weighted by Crippen LogP contribution is 2.36. The number of nitrogens with zero attached hydrogens (tertiary/aromatic N) is 2. The number of carbonyl (C=O) groups excluding carboxylic acids is 1. The van der Waals surface area contributed by atoms with Gasteiger partial charge in [-0.3, -0.25) is 4.79 Å². The van der Waals surface area contributed by atoms with Crippen LogP contribution in [0.4, 0.5) is 5.69 Å². The van der Waals surface area contributed by atoms with E-state index in [1.165, 1.54) is 11.3 Å². The van der Waals surface area contributed by atoms with Gasteiger partial charge in [-0.15, -0.1) is 21.6 Å². The van der Waals surface area contributed by atoms with Crippen molar-refractivity contribution >= 4 is 49.8 Å². The maximum absolute atomic E-state index is 11.8.